The molecular formula is C24H27ClFN7. The van der Waals surface area contributed by atoms with Crippen LogP contribution in [0.5, 0.6) is 0 Å². The van der Waals surface area contributed by atoms with E-state index in [1.54, 1.807) is 24.7 Å². The third-order valence-corrected chi connectivity index (χ3v) is 6.61. The van der Waals surface area contributed by atoms with Gasteiger partial charge in [0.15, 0.2) is 0 Å². The van der Waals surface area contributed by atoms with Gasteiger partial charge in [0.1, 0.15) is 17.2 Å². The lowest BCUT2D eigenvalue weighted by Gasteiger charge is -2.32. The smallest absolute Gasteiger partial charge is 0.150 e. The molecule has 0 aliphatic carbocycles. The Labute approximate surface area is 197 Å². The number of hydrogen-bond acceptors (Lipinski definition) is 6. The topological polar surface area (TPSA) is 74.7 Å². The monoisotopic (exact) mass is 467 g/mol. The molecule has 9 heteroatoms. The minimum Gasteiger partial charge on any atom is -0.385 e. The van der Waals surface area contributed by atoms with E-state index in [9.17, 15) is 4.39 Å². The molecule has 3 N–H and O–H groups in total. The number of anilines is 2. The van der Waals surface area contributed by atoms with E-state index < -0.39 is 5.82 Å². The van der Waals surface area contributed by atoms with Gasteiger partial charge in [-0.2, -0.15) is 0 Å². The number of imidazole rings is 1. The Kier molecular flexibility index (Phi) is 6.05. The van der Waals surface area contributed by atoms with Crippen LogP contribution in [0.3, 0.4) is 0 Å². The van der Waals surface area contributed by atoms with Gasteiger partial charge in [-0.25, -0.2) is 14.4 Å². The zero-order valence-electron chi connectivity index (χ0n) is 18.6. The number of nitrogens with zero attached hydrogens (tertiary/aromatic N) is 5. The number of rotatable bonds is 6. The predicted octanol–water partition coefficient (Wildman–Crippen LogP) is 3.97. The van der Waals surface area contributed by atoms with Gasteiger partial charge in [0, 0.05) is 49.5 Å². The van der Waals surface area contributed by atoms with Crippen molar-refractivity contribution in [2.75, 3.05) is 57.4 Å². The molecule has 1 aliphatic heterocycles. The van der Waals surface area contributed by atoms with Gasteiger partial charge < -0.3 is 20.9 Å². The number of likely N-dealkylation sites (N-methyl/N-ethyl adjacent to an activating group) is 1. The summed E-state index contributed by atoms with van der Waals surface area (Å²) in [6.45, 7) is 6.29. The molecule has 0 spiro atoms. The molecule has 2 aromatic carbocycles. The molecule has 7 nitrogen and oxygen atoms in total. The first kappa shape index (κ1) is 21.9. The van der Waals surface area contributed by atoms with Crippen molar-refractivity contribution in [2.45, 2.75) is 6.42 Å². The van der Waals surface area contributed by atoms with Gasteiger partial charge in [0.2, 0.25) is 0 Å². The Morgan fingerprint density at radius 2 is 1.97 bits per heavy atom. The van der Waals surface area contributed by atoms with Crippen LogP contribution in [0.15, 0.2) is 42.9 Å². The molecule has 0 amide bonds. The van der Waals surface area contributed by atoms with Crippen LogP contribution in [-0.4, -0.2) is 70.5 Å². The highest BCUT2D eigenvalue weighted by Gasteiger charge is 2.18. The maximum Gasteiger partial charge on any atom is 0.150 e. The minimum absolute atomic E-state index is 0.316. The van der Waals surface area contributed by atoms with E-state index in [1.165, 1.54) is 6.07 Å². The van der Waals surface area contributed by atoms with E-state index in [4.69, 9.17) is 17.3 Å². The van der Waals surface area contributed by atoms with E-state index in [2.05, 4.69) is 32.1 Å². The van der Waals surface area contributed by atoms with Gasteiger partial charge in [0.05, 0.1) is 28.6 Å². The normalized spacial score (nSPS) is 15.5. The maximum absolute atomic E-state index is 14.9. The Balaban J connectivity index is 1.48. The van der Waals surface area contributed by atoms with Gasteiger partial charge >= 0.3 is 0 Å². The quantitative estimate of drug-likeness (QED) is 0.418. The number of piperazine rings is 1. The molecule has 0 atom stereocenters. The van der Waals surface area contributed by atoms with Gasteiger partial charge in [0.25, 0.3) is 0 Å². The summed E-state index contributed by atoms with van der Waals surface area (Å²) >= 11 is 6.43. The fourth-order valence-corrected chi connectivity index (χ4v) is 4.69. The van der Waals surface area contributed by atoms with Crippen molar-refractivity contribution in [3.8, 4) is 11.1 Å². The van der Waals surface area contributed by atoms with E-state index >= 15 is 0 Å². The standard InChI is InChI=1S/C24H27ClFN7/c1-31-8-10-32(11-9-31)7-3-6-29-16-12-17(22-18(25)4-2-5-19(22)26)23-20(13-16)33-15-28-14-21(33)24(27)30-23/h2,4-5,12-15,29H,3,6-11H2,1H3,(H2,27,30). The van der Waals surface area contributed by atoms with Crippen LogP contribution in [0.2, 0.25) is 5.02 Å². The van der Waals surface area contributed by atoms with Gasteiger partial charge in [-0.05, 0) is 44.3 Å². The van der Waals surface area contributed by atoms with Crippen LogP contribution in [-0.2, 0) is 0 Å². The van der Waals surface area contributed by atoms with Crippen LogP contribution in [0.4, 0.5) is 15.9 Å². The molecule has 0 saturated carbocycles. The van der Waals surface area contributed by atoms with Crippen LogP contribution >= 0.6 is 11.6 Å². The SMILES string of the molecule is CN1CCN(CCCNc2cc(-c3c(F)cccc3Cl)c3nc(N)c4cncn4c3c2)CC1. The third-order valence-electron chi connectivity index (χ3n) is 6.29. The van der Waals surface area contributed by atoms with Crippen molar-refractivity contribution in [2.24, 2.45) is 0 Å². The largest absolute Gasteiger partial charge is 0.385 e. The minimum atomic E-state index is -0.401. The second-order valence-corrected chi connectivity index (χ2v) is 8.97. The zero-order chi connectivity index (χ0) is 22.9. The molecule has 0 radical (unpaired) electrons. The van der Waals surface area contributed by atoms with Crippen molar-refractivity contribution in [1.82, 2.24) is 24.2 Å². The van der Waals surface area contributed by atoms with Gasteiger partial charge in [-0.3, -0.25) is 4.40 Å². The van der Waals surface area contributed by atoms with Crippen molar-refractivity contribution < 1.29 is 4.39 Å². The fraction of sp³-hybridized carbons (Fsp3) is 0.333. The molecule has 1 fully saturated rings. The van der Waals surface area contributed by atoms with Crippen LogP contribution in [0.25, 0.3) is 27.7 Å². The van der Waals surface area contributed by atoms with E-state index in [0.717, 1.165) is 56.9 Å². The molecule has 3 heterocycles. The molecule has 5 rings (SSSR count). The van der Waals surface area contributed by atoms with Crippen molar-refractivity contribution in [3.05, 3.63) is 53.7 Å². The highest BCUT2D eigenvalue weighted by molar-refractivity contribution is 6.33. The van der Waals surface area contributed by atoms with E-state index in [1.807, 2.05) is 16.5 Å². The summed E-state index contributed by atoms with van der Waals surface area (Å²) in [6, 6.07) is 8.59. The highest BCUT2D eigenvalue weighted by Crippen LogP contribution is 2.37. The summed E-state index contributed by atoms with van der Waals surface area (Å²) in [4.78, 5) is 13.7. The van der Waals surface area contributed by atoms with Crippen molar-refractivity contribution >= 4 is 39.7 Å². The summed E-state index contributed by atoms with van der Waals surface area (Å²) in [5, 5.41) is 3.84. The third kappa shape index (κ3) is 4.34. The van der Waals surface area contributed by atoms with Crippen LogP contribution in [0.1, 0.15) is 6.42 Å². The van der Waals surface area contributed by atoms with Gasteiger partial charge in [-0.1, -0.05) is 17.7 Å². The number of nitrogen functional groups attached to an aromatic ring is 1. The lowest BCUT2D eigenvalue weighted by molar-refractivity contribution is 0.154. The maximum atomic E-state index is 14.9. The lowest BCUT2D eigenvalue weighted by atomic mass is 10.0. The number of aromatic nitrogens is 3. The molecule has 1 saturated heterocycles. The average molecular weight is 468 g/mol. The molecule has 0 unspecified atom stereocenters. The Morgan fingerprint density at radius 3 is 2.76 bits per heavy atom. The van der Waals surface area contributed by atoms with E-state index in [-0.39, 0.29) is 0 Å². The molecule has 2 aromatic heterocycles. The summed E-state index contributed by atoms with van der Waals surface area (Å²) in [7, 11) is 2.16. The number of nitrogens with one attached hydrogen (secondary N) is 1. The lowest BCUT2D eigenvalue weighted by Crippen LogP contribution is -2.44. The summed E-state index contributed by atoms with van der Waals surface area (Å²) in [5.41, 5.74) is 10.0. The van der Waals surface area contributed by atoms with Crippen LogP contribution in [0, 0.1) is 5.82 Å². The average Bonchev–Trinajstić information content (AvgIpc) is 3.30. The summed E-state index contributed by atoms with van der Waals surface area (Å²) in [5.74, 6) is -0.0660. The fourth-order valence-electron chi connectivity index (χ4n) is 4.43. The Morgan fingerprint density at radius 1 is 1.15 bits per heavy atom. The second kappa shape index (κ2) is 9.13. The van der Waals surface area contributed by atoms with Crippen molar-refractivity contribution in [3.63, 3.8) is 0 Å². The first-order valence-electron chi connectivity index (χ1n) is 11.2. The van der Waals surface area contributed by atoms with Gasteiger partial charge in [-0.15, -0.1) is 0 Å². The summed E-state index contributed by atoms with van der Waals surface area (Å²) < 4.78 is 16.8. The predicted molar refractivity (Wildman–Crippen MR) is 132 cm³/mol. The molecule has 4 aromatic rings. The molecular weight excluding hydrogens is 441 g/mol. The number of benzene rings is 2. The first-order chi connectivity index (χ1) is 16.0. The van der Waals surface area contributed by atoms with Crippen molar-refractivity contribution in [1.29, 1.82) is 0 Å². The molecule has 0 bridgehead atoms. The highest BCUT2D eigenvalue weighted by atomic mass is 35.5. The molecule has 33 heavy (non-hydrogen) atoms. The second-order valence-electron chi connectivity index (χ2n) is 8.56. The van der Waals surface area contributed by atoms with Crippen LogP contribution < -0.4 is 11.1 Å². The number of fused-ring (bicyclic) bond motifs is 3. The molecule has 172 valence electrons. The zero-order valence-corrected chi connectivity index (χ0v) is 19.3. The number of nitrogens with two attached hydrogens (primary N) is 1. The van der Waals surface area contributed by atoms with E-state index in [0.29, 0.717) is 33.0 Å². The number of halogens is 2. The Bertz CT molecular complexity index is 1280. The Hall–Kier alpha value is -2.94. The first-order valence-corrected chi connectivity index (χ1v) is 11.5. The number of hydrogen-bond donors (Lipinski definition) is 2. The summed E-state index contributed by atoms with van der Waals surface area (Å²) in [6.07, 6.45) is 4.38. The molecule has 1 aliphatic rings.